The highest BCUT2D eigenvalue weighted by Crippen LogP contribution is 2.58. The van der Waals surface area contributed by atoms with Crippen molar-refractivity contribution in [2.45, 2.75) is 51.1 Å². The molecule has 0 aromatic heterocycles. The summed E-state index contributed by atoms with van der Waals surface area (Å²) in [5.74, 6) is -1.68. The highest BCUT2D eigenvalue weighted by molar-refractivity contribution is 6.13. The lowest BCUT2D eigenvalue weighted by Gasteiger charge is -2.46. The molecule has 4 atom stereocenters. The van der Waals surface area contributed by atoms with Gasteiger partial charge in [0, 0.05) is 28.8 Å². The minimum absolute atomic E-state index is 0.0495. The number of aromatic hydroxyl groups is 1. The second-order valence-electron chi connectivity index (χ2n) is 8.77. The molecule has 2 aromatic carbocycles. The van der Waals surface area contributed by atoms with Crippen molar-refractivity contribution in [1.82, 2.24) is 0 Å². The summed E-state index contributed by atoms with van der Waals surface area (Å²) in [7, 11) is 2.89. The summed E-state index contributed by atoms with van der Waals surface area (Å²) in [6.07, 6.45) is 4.16. The lowest BCUT2D eigenvalue weighted by molar-refractivity contribution is -0.222. The summed E-state index contributed by atoms with van der Waals surface area (Å²) in [4.78, 5) is 24.8. The molecule has 3 aliphatic heterocycles. The smallest absolute Gasteiger partial charge is 0.343 e. The third-order valence-electron chi connectivity index (χ3n) is 6.76. The van der Waals surface area contributed by atoms with E-state index in [0.717, 1.165) is 17.4 Å². The number of esters is 2. The molecule has 1 saturated heterocycles. The summed E-state index contributed by atoms with van der Waals surface area (Å²) in [5.41, 5.74) is 1.53. The molecule has 174 valence electrons. The number of hydrogen-bond donors (Lipinski definition) is 1. The van der Waals surface area contributed by atoms with Crippen LogP contribution in [0.3, 0.4) is 0 Å². The van der Waals surface area contributed by atoms with Crippen LogP contribution in [0.4, 0.5) is 0 Å². The Kier molecular flexibility index (Phi) is 5.01. The maximum absolute atomic E-state index is 13.1. The number of phenols is 1. The fourth-order valence-corrected chi connectivity index (χ4v) is 5.31. The third kappa shape index (κ3) is 3.15. The number of carbonyl (C=O) groups is 2. The monoisotopic (exact) mass is 454 g/mol. The molecule has 0 saturated carbocycles. The summed E-state index contributed by atoms with van der Waals surface area (Å²) in [6, 6.07) is 3.33. The number of carbonyl (C=O) groups excluding carboxylic acids is 2. The zero-order valence-electron chi connectivity index (χ0n) is 19.0. The highest BCUT2D eigenvalue weighted by atomic mass is 16.7. The SMILES string of the molecule is COC(=O)C/C=C/[C@H]1[C@H]2OC(=O)c3c(O)cc(C)c4c(OC)cc(c2c34)O[C@@]12CC[C@H](C)O2. The molecular formula is C25H26O8. The maximum atomic E-state index is 13.1. The van der Waals surface area contributed by atoms with E-state index >= 15 is 0 Å². The van der Waals surface area contributed by atoms with Crippen LogP contribution in [0.2, 0.25) is 0 Å². The van der Waals surface area contributed by atoms with E-state index < -0.39 is 23.8 Å². The van der Waals surface area contributed by atoms with E-state index in [1.165, 1.54) is 13.2 Å². The van der Waals surface area contributed by atoms with Gasteiger partial charge in [-0.15, -0.1) is 0 Å². The lowest BCUT2D eigenvalue weighted by Crippen LogP contribution is -2.50. The molecule has 1 N–H and O–H groups in total. The topological polar surface area (TPSA) is 101 Å². The molecule has 3 heterocycles. The van der Waals surface area contributed by atoms with Gasteiger partial charge in [0.25, 0.3) is 0 Å². The van der Waals surface area contributed by atoms with Gasteiger partial charge < -0.3 is 28.8 Å². The predicted molar refractivity (Wildman–Crippen MR) is 117 cm³/mol. The summed E-state index contributed by atoms with van der Waals surface area (Å²) in [5, 5.41) is 11.9. The van der Waals surface area contributed by atoms with Crippen LogP contribution >= 0.6 is 0 Å². The van der Waals surface area contributed by atoms with Gasteiger partial charge in [-0.1, -0.05) is 12.2 Å². The van der Waals surface area contributed by atoms with E-state index in [2.05, 4.69) is 0 Å². The van der Waals surface area contributed by atoms with Crippen LogP contribution < -0.4 is 9.47 Å². The van der Waals surface area contributed by atoms with E-state index in [4.69, 9.17) is 23.7 Å². The Hall–Kier alpha value is -3.26. The van der Waals surface area contributed by atoms with Gasteiger partial charge in [0.2, 0.25) is 5.79 Å². The first-order valence-corrected chi connectivity index (χ1v) is 11.0. The van der Waals surface area contributed by atoms with Gasteiger partial charge in [-0.3, -0.25) is 4.79 Å². The van der Waals surface area contributed by atoms with Gasteiger partial charge in [0.15, 0.2) is 0 Å². The number of rotatable bonds is 4. The standard InChI is InChI=1S/C25H26O8/c1-12-10-15(26)20-22-19(12)16(29-3)11-17-21(22)23(31-24(20)28)14(6-5-7-18(27)30-4)25(33-17)9-8-13(2)32-25/h5-6,10-11,13-14,23,26H,7-9H2,1-4H3/b6-5+/t13-,14-,23+,25-/m0/s1. The Bertz CT molecular complexity index is 1200. The van der Waals surface area contributed by atoms with Gasteiger partial charge >= 0.3 is 11.9 Å². The van der Waals surface area contributed by atoms with E-state index in [1.54, 1.807) is 19.3 Å². The Morgan fingerprint density at radius 2 is 2.09 bits per heavy atom. The number of benzene rings is 2. The van der Waals surface area contributed by atoms with E-state index in [9.17, 15) is 14.7 Å². The second-order valence-corrected chi connectivity index (χ2v) is 8.77. The van der Waals surface area contributed by atoms with Crippen LogP contribution in [0.5, 0.6) is 17.2 Å². The van der Waals surface area contributed by atoms with E-state index in [-0.39, 0.29) is 29.8 Å². The van der Waals surface area contributed by atoms with Gasteiger partial charge in [0.05, 0.1) is 32.7 Å². The fourth-order valence-electron chi connectivity index (χ4n) is 5.31. The van der Waals surface area contributed by atoms with Crippen LogP contribution in [-0.4, -0.2) is 43.2 Å². The third-order valence-corrected chi connectivity index (χ3v) is 6.76. The first-order chi connectivity index (χ1) is 15.8. The normalized spacial score (nSPS) is 27.6. The van der Waals surface area contributed by atoms with Crippen molar-refractivity contribution < 1.29 is 38.4 Å². The molecule has 8 nitrogen and oxygen atoms in total. The Labute approximate surface area is 191 Å². The zero-order valence-corrected chi connectivity index (χ0v) is 19.0. The van der Waals surface area contributed by atoms with Gasteiger partial charge in [-0.25, -0.2) is 4.79 Å². The van der Waals surface area contributed by atoms with Gasteiger partial charge in [-0.2, -0.15) is 0 Å². The Morgan fingerprint density at radius 3 is 2.76 bits per heavy atom. The Morgan fingerprint density at radius 1 is 1.30 bits per heavy atom. The first-order valence-electron chi connectivity index (χ1n) is 11.0. The summed E-state index contributed by atoms with van der Waals surface area (Å²) < 4.78 is 29.1. The number of ether oxygens (including phenoxy) is 5. The number of hydrogen-bond acceptors (Lipinski definition) is 8. The van der Waals surface area contributed by atoms with Crippen LogP contribution in [0.15, 0.2) is 24.3 Å². The molecule has 3 aliphatic rings. The molecule has 0 radical (unpaired) electrons. The maximum Gasteiger partial charge on any atom is 0.343 e. The molecule has 1 spiro atoms. The molecule has 0 bridgehead atoms. The average molecular weight is 454 g/mol. The molecule has 0 aliphatic carbocycles. The minimum Gasteiger partial charge on any atom is -0.507 e. The molecule has 0 unspecified atom stereocenters. The molecule has 1 fully saturated rings. The molecule has 2 aromatic rings. The second kappa shape index (κ2) is 7.66. The minimum atomic E-state index is -1.06. The molecule has 8 heteroatoms. The van der Waals surface area contributed by atoms with Crippen molar-refractivity contribution in [3.05, 3.63) is 41.0 Å². The van der Waals surface area contributed by atoms with Crippen LogP contribution in [0, 0.1) is 12.8 Å². The van der Waals surface area contributed by atoms with Crippen LogP contribution in [-0.2, 0) is 19.0 Å². The van der Waals surface area contributed by atoms with Crippen LogP contribution in [0.1, 0.15) is 53.8 Å². The largest absolute Gasteiger partial charge is 0.507 e. The fraction of sp³-hybridized carbons (Fsp3) is 0.440. The number of aryl methyl sites for hydroxylation is 1. The summed E-state index contributed by atoms with van der Waals surface area (Å²) >= 11 is 0. The van der Waals surface area contributed by atoms with Gasteiger partial charge in [0.1, 0.15) is 28.9 Å². The summed E-state index contributed by atoms with van der Waals surface area (Å²) in [6.45, 7) is 3.82. The Balaban J connectivity index is 1.76. The average Bonchev–Trinajstić information content (AvgIpc) is 3.14. The van der Waals surface area contributed by atoms with Gasteiger partial charge in [-0.05, 0) is 31.9 Å². The van der Waals surface area contributed by atoms with E-state index in [1.807, 2.05) is 19.9 Å². The van der Waals surface area contributed by atoms with Crippen molar-refractivity contribution in [2.75, 3.05) is 14.2 Å². The molecule has 0 amide bonds. The van der Waals surface area contributed by atoms with Crippen LogP contribution in [0.25, 0.3) is 10.8 Å². The molecular weight excluding hydrogens is 428 g/mol. The zero-order chi connectivity index (χ0) is 23.5. The van der Waals surface area contributed by atoms with Crippen molar-refractivity contribution in [3.8, 4) is 17.2 Å². The highest BCUT2D eigenvalue weighted by Gasteiger charge is 2.57. The lowest BCUT2D eigenvalue weighted by atomic mass is 9.78. The van der Waals surface area contributed by atoms with Crippen molar-refractivity contribution in [2.24, 2.45) is 5.92 Å². The van der Waals surface area contributed by atoms with Crippen molar-refractivity contribution in [3.63, 3.8) is 0 Å². The number of phenolic OH excluding ortho intramolecular Hbond substituents is 1. The number of methoxy groups -OCH3 is 2. The molecule has 33 heavy (non-hydrogen) atoms. The first kappa shape index (κ1) is 21.6. The van der Waals surface area contributed by atoms with Crippen molar-refractivity contribution >= 4 is 22.7 Å². The predicted octanol–water partition coefficient (Wildman–Crippen LogP) is 4.10. The molecule has 5 rings (SSSR count). The van der Waals surface area contributed by atoms with E-state index in [0.29, 0.717) is 28.9 Å². The van der Waals surface area contributed by atoms with Crippen molar-refractivity contribution in [1.29, 1.82) is 0 Å². The quantitative estimate of drug-likeness (QED) is 0.545.